The average molecular weight is 241 g/mol. The van der Waals surface area contributed by atoms with E-state index in [0.29, 0.717) is 17.1 Å². The van der Waals surface area contributed by atoms with E-state index in [9.17, 15) is 9.59 Å². The molecule has 1 heterocycles. The van der Waals surface area contributed by atoms with Crippen LogP contribution in [0.3, 0.4) is 0 Å². The van der Waals surface area contributed by atoms with Gasteiger partial charge >= 0.3 is 6.09 Å². The zero-order chi connectivity index (χ0) is 11.5. The number of nitrogens with one attached hydrogen (secondary N) is 1. The predicted molar refractivity (Wildman–Crippen MR) is 57.0 cm³/mol. The quantitative estimate of drug-likeness (QED) is 0.851. The van der Waals surface area contributed by atoms with Crippen LogP contribution < -0.4 is 5.43 Å². The average Bonchev–Trinajstić information content (AvgIpc) is 2.64. The molecule has 0 bridgehead atoms. The number of hydrogen-bond acceptors (Lipinski definition) is 3. The highest BCUT2D eigenvalue weighted by Crippen LogP contribution is 2.11. The number of rotatable bonds is 2. The molecule has 1 saturated heterocycles. The van der Waals surface area contributed by atoms with Crippen molar-refractivity contribution in [3.8, 4) is 0 Å². The first-order valence-electron chi connectivity index (χ1n) is 4.67. The van der Waals surface area contributed by atoms with Crippen LogP contribution in [0, 0.1) is 0 Å². The first kappa shape index (κ1) is 10.8. The molecule has 0 aromatic heterocycles. The zero-order valence-electron chi connectivity index (χ0n) is 8.27. The lowest BCUT2D eigenvalue weighted by atomic mass is 10.2. The molecule has 0 aliphatic carbocycles. The number of ether oxygens (including phenoxy) is 1. The Balaban J connectivity index is 2.05. The van der Waals surface area contributed by atoms with Crippen LogP contribution in [0.1, 0.15) is 10.4 Å². The molecular weight excluding hydrogens is 232 g/mol. The monoisotopic (exact) mass is 240 g/mol. The van der Waals surface area contributed by atoms with Gasteiger partial charge in [-0.25, -0.2) is 9.80 Å². The minimum atomic E-state index is -0.546. The van der Waals surface area contributed by atoms with Gasteiger partial charge in [0.2, 0.25) is 0 Å². The Hall–Kier alpha value is -1.75. The van der Waals surface area contributed by atoms with Crippen molar-refractivity contribution in [2.75, 3.05) is 13.2 Å². The van der Waals surface area contributed by atoms with E-state index in [2.05, 4.69) is 10.2 Å². The largest absolute Gasteiger partial charge is 0.446 e. The Morgan fingerprint density at radius 3 is 2.94 bits per heavy atom. The van der Waals surface area contributed by atoms with Gasteiger partial charge in [0.1, 0.15) is 6.61 Å². The summed E-state index contributed by atoms with van der Waals surface area (Å²) in [7, 11) is 0. The molecule has 1 aromatic carbocycles. The number of cyclic esters (lactones) is 1. The lowest BCUT2D eigenvalue weighted by molar-refractivity contribution is 0.0831. The third-order valence-corrected chi connectivity index (χ3v) is 2.32. The Morgan fingerprint density at radius 2 is 2.31 bits per heavy atom. The molecular formula is C10H9ClN2O3. The van der Waals surface area contributed by atoms with E-state index in [4.69, 9.17) is 11.6 Å². The van der Waals surface area contributed by atoms with Gasteiger partial charge in [0, 0.05) is 10.6 Å². The van der Waals surface area contributed by atoms with Crippen molar-refractivity contribution in [2.45, 2.75) is 0 Å². The molecule has 1 aromatic rings. The van der Waals surface area contributed by atoms with Gasteiger partial charge in [-0.05, 0) is 18.2 Å². The van der Waals surface area contributed by atoms with Gasteiger partial charge in [-0.2, -0.15) is 0 Å². The second kappa shape index (κ2) is 4.40. The van der Waals surface area contributed by atoms with E-state index >= 15 is 0 Å². The Labute approximate surface area is 96.9 Å². The topological polar surface area (TPSA) is 58.6 Å². The molecule has 5 nitrogen and oxygen atoms in total. The van der Waals surface area contributed by atoms with Crippen LogP contribution >= 0.6 is 11.6 Å². The Bertz CT molecular complexity index is 436. The number of amides is 2. The maximum absolute atomic E-state index is 11.7. The van der Waals surface area contributed by atoms with Crippen LogP contribution in [0.15, 0.2) is 24.3 Å². The SMILES string of the molecule is O=C(NN1CCOC1=O)c1cccc(Cl)c1. The maximum atomic E-state index is 11.7. The third-order valence-electron chi connectivity index (χ3n) is 2.08. The van der Waals surface area contributed by atoms with Crippen molar-refractivity contribution in [2.24, 2.45) is 0 Å². The van der Waals surface area contributed by atoms with E-state index in [1.807, 2.05) is 0 Å². The fourth-order valence-electron chi connectivity index (χ4n) is 1.31. The summed E-state index contributed by atoms with van der Waals surface area (Å²) in [6, 6.07) is 6.48. The molecule has 0 atom stereocenters. The second-order valence-corrected chi connectivity index (χ2v) is 3.65. The maximum Gasteiger partial charge on any atom is 0.428 e. The molecule has 0 unspecified atom stereocenters. The van der Waals surface area contributed by atoms with E-state index in [1.54, 1.807) is 18.2 Å². The van der Waals surface area contributed by atoms with Gasteiger partial charge in [-0.1, -0.05) is 17.7 Å². The van der Waals surface area contributed by atoms with Crippen LogP contribution in [0.4, 0.5) is 4.79 Å². The van der Waals surface area contributed by atoms with E-state index in [-0.39, 0.29) is 12.5 Å². The highest BCUT2D eigenvalue weighted by atomic mass is 35.5. The first-order chi connectivity index (χ1) is 7.66. The summed E-state index contributed by atoms with van der Waals surface area (Å²) in [5.74, 6) is -0.388. The minimum Gasteiger partial charge on any atom is -0.446 e. The fourth-order valence-corrected chi connectivity index (χ4v) is 1.50. The number of hydrogen-bond donors (Lipinski definition) is 1. The summed E-state index contributed by atoms with van der Waals surface area (Å²) in [5.41, 5.74) is 2.83. The molecule has 2 amide bonds. The van der Waals surface area contributed by atoms with Crippen LogP contribution in [-0.4, -0.2) is 30.2 Å². The van der Waals surface area contributed by atoms with E-state index in [0.717, 1.165) is 5.01 Å². The van der Waals surface area contributed by atoms with Crippen LogP contribution in [0.25, 0.3) is 0 Å². The molecule has 0 spiro atoms. The lowest BCUT2D eigenvalue weighted by Gasteiger charge is -2.13. The number of hydrazine groups is 1. The van der Waals surface area contributed by atoms with Crippen molar-refractivity contribution in [3.63, 3.8) is 0 Å². The summed E-state index contributed by atoms with van der Waals surface area (Å²) in [6.07, 6.45) is -0.546. The minimum absolute atomic E-state index is 0.286. The third kappa shape index (κ3) is 2.25. The van der Waals surface area contributed by atoms with E-state index in [1.165, 1.54) is 6.07 Å². The molecule has 84 valence electrons. The van der Waals surface area contributed by atoms with Gasteiger partial charge in [-0.3, -0.25) is 10.2 Å². The summed E-state index contributed by atoms with van der Waals surface area (Å²) in [6.45, 7) is 0.639. The van der Waals surface area contributed by atoms with Crippen molar-refractivity contribution in [1.29, 1.82) is 0 Å². The second-order valence-electron chi connectivity index (χ2n) is 3.22. The standard InChI is InChI=1S/C10H9ClN2O3/c11-8-3-1-2-7(6-8)9(14)12-13-4-5-16-10(13)15/h1-3,6H,4-5H2,(H,12,14). The number of benzene rings is 1. The molecule has 1 aliphatic heterocycles. The first-order valence-corrected chi connectivity index (χ1v) is 5.05. The molecule has 16 heavy (non-hydrogen) atoms. The number of nitrogens with zero attached hydrogens (tertiary/aromatic N) is 1. The predicted octanol–water partition coefficient (Wildman–Crippen LogP) is 1.44. The van der Waals surface area contributed by atoms with Gasteiger partial charge in [0.15, 0.2) is 0 Å². The van der Waals surface area contributed by atoms with Crippen molar-refractivity contribution >= 4 is 23.6 Å². The number of carbonyl (C=O) groups excluding carboxylic acids is 2. The summed E-state index contributed by atoms with van der Waals surface area (Å²) >= 11 is 5.75. The van der Waals surface area contributed by atoms with Gasteiger partial charge in [-0.15, -0.1) is 0 Å². The normalized spacial score (nSPS) is 14.8. The molecule has 2 rings (SSSR count). The fraction of sp³-hybridized carbons (Fsp3) is 0.200. The molecule has 1 aliphatic rings. The summed E-state index contributed by atoms with van der Waals surface area (Å²) in [5, 5.41) is 1.60. The molecule has 6 heteroatoms. The van der Waals surface area contributed by atoms with Gasteiger partial charge < -0.3 is 4.74 Å². The van der Waals surface area contributed by atoms with Crippen LogP contribution in [0.5, 0.6) is 0 Å². The molecule has 0 saturated carbocycles. The zero-order valence-corrected chi connectivity index (χ0v) is 9.03. The molecule has 1 N–H and O–H groups in total. The number of halogens is 1. The van der Waals surface area contributed by atoms with Crippen molar-refractivity contribution in [3.05, 3.63) is 34.9 Å². The molecule has 0 radical (unpaired) electrons. The van der Waals surface area contributed by atoms with E-state index < -0.39 is 6.09 Å². The highest BCUT2D eigenvalue weighted by molar-refractivity contribution is 6.30. The van der Waals surface area contributed by atoms with Crippen LogP contribution in [0.2, 0.25) is 5.02 Å². The molecule has 1 fully saturated rings. The Morgan fingerprint density at radius 1 is 1.50 bits per heavy atom. The van der Waals surface area contributed by atoms with Crippen LogP contribution in [-0.2, 0) is 4.74 Å². The number of carbonyl (C=O) groups is 2. The smallest absolute Gasteiger partial charge is 0.428 e. The van der Waals surface area contributed by atoms with Gasteiger partial charge in [0.25, 0.3) is 5.91 Å². The van der Waals surface area contributed by atoms with Crippen molar-refractivity contribution in [1.82, 2.24) is 10.4 Å². The summed E-state index contributed by atoms with van der Waals surface area (Å²) in [4.78, 5) is 22.8. The lowest BCUT2D eigenvalue weighted by Crippen LogP contribution is -2.42. The summed E-state index contributed by atoms with van der Waals surface area (Å²) < 4.78 is 4.67. The highest BCUT2D eigenvalue weighted by Gasteiger charge is 2.24. The van der Waals surface area contributed by atoms with Crippen molar-refractivity contribution < 1.29 is 14.3 Å². The van der Waals surface area contributed by atoms with Gasteiger partial charge in [0.05, 0.1) is 6.54 Å². The Kier molecular flexibility index (Phi) is 2.96.